The van der Waals surface area contributed by atoms with Crippen molar-refractivity contribution < 1.29 is 4.79 Å². The highest BCUT2D eigenvalue weighted by atomic mass is 79.9. The maximum atomic E-state index is 11.9. The summed E-state index contributed by atoms with van der Waals surface area (Å²) in [6.45, 7) is 2.68. The molecule has 1 rings (SSSR count). The molecular formula is C12H17BrN2OS. The van der Waals surface area contributed by atoms with Crippen molar-refractivity contribution >= 4 is 34.5 Å². The van der Waals surface area contributed by atoms with E-state index in [0.717, 1.165) is 4.47 Å². The molecule has 0 radical (unpaired) electrons. The molecule has 0 saturated heterocycles. The molecule has 1 N–H and O–H groups in total. The Labute approximate surface area is 116 Å². The van der Waals surface area contributed by atoms with Crippen LogP contribution in [0.2, 0.25) is 0 Å². The third kappa shape index (κ3) is 4.33. The predicted octanol–water partition coefficient (Wildman–Crippen LogP) is 2.42. The molecule has 0 bridgehead atoms. The largest absolute Gasteiger partial charge is 0.350 e. The van der Waals surface area contributed by atoms with Crippen molar-refractivity contribution in [1.82, 2.24) is 10.2 Å². The van der Waals surface area contributed by atoms with Crippen molar-refractivity contribution in [3.63, 3.8) is 0 Å². The fourth-order valence-corrected chi connectivity index (χ4v) is 2.07. The van der Waals surface area contributed by atoms with E-state index in [2.05, 4.69) is 45.7 Å². The zero-order valence-electron chi connectivity index (χ0n) is 10.2. The molecule has 0 fully saturated rings. The first-order valence-electron chi connectivity index (χ1n) is 5.35. The molecule has 0 aromatic heterocycles. The Morgan fingerprint density at radius 1 is 1.53 bits per heavy atom. The summed E-state index contributed by atoms with van der Waals surface area (Å²) in [5.74, 6) is -0.0869. The van der Waals surface area contributed by atoms with Crippen LogP contribution >= 0.6 is 28.6 Å². The summed E-state index contributed by atoms with van der Waals surface area (Å²) in [6, 6.07) is 5.72. The Kier molecular flexibility index (Phi) is 5.49. The normalized spacial score (nSPS) is 12.6. The van der Waals surface area contributed by atoms with E-state index < -0.39 is 0 Å². The first-order chi connectivity index (χ1) is 7.91. The lowest BCUT2D eigenvalue weighted by atomic mass is 10.2. The molecule has 0 aliphatic heterocycles. The quantitative estimate of drug-likeness (QED) is 0.836. The van der Waals surface area contributed by atoms with E-state index in [0.29, 0.717) is 23.0 Å². The topological polar surface area (TPSA) is 32.3 Å². The highest BCUT2D eigenvalue weighted by Crippen LogP contribution is 2.19. The number of hydrogen-bond donors (Lipinski definition) is 2. The number of nitrogens with zero attached hydrogens (tertiary/aromatic N) is 1. The summed E-state index contributed by atoms with van der Waals surface area (Å²) in [4.78, 5) is 14.6. The van der Waals surface area contributed by atoms with E-state index in [9.17, 15) is 4.79 Å². The zero-order chi connectivity index (χ0) is 13.0. The summed E-state index contributed by atoms with van der Waals surface area (Å²) in [5, 5.41) is 2.90. The van der Waals surface area contributed by atoms with Gasteiger partial charge in [-0.3, -0.25) is 4.79 Å². The molecule has 1 aromatic carbocycles. The van der Waals surface area contributed by atoms with E-state index in [1.807, 2.05) is 26.2 Å². The Morgan fingerprint density at radius 2 is 2.18 bits per heavy atom. The predicted molar refractivity (Wildman–Crippen MR) is 76.9 cm³/mol. The number of rotatable bonds is 4. The summed E-state index contributed by atoms with van der Waals surface area (Å²) < 4.78 is 0.917. The Hall–Kier alpha value is -0.520. The summed E-state index contributed by atoms with van der Waals surface area (Å²) >= 11 is 7.63. The first kappa shape index (κ1) is 14.5. The average molecular weight is 317 g/mol. The van der Waals surface area contributed by atoms with Crippen LogP contribution in [0.15, 0.2) is 27.6 Å². The van der Waals surface area contributed by atoms with Crippen molar-refractivity contribution in [3.8, 4) is 0 Å². The van der Waals surface area contributed by atoms with Gasteiger partial charge in [0.05, 0.1) is 5.56 Å². The van der Waals surface area contributed by atoms with Gasteiger partial charge in [-0.2, -0.15) is 0 Å². The average Bonchev–Trinajstić information content (AvgIpc) is 2.25. The number of hydrogen-bond acceptors (Lipinski definition) is 3. The third-order valence-corrected chi connectivity index (χ3v) is 3.51. The molecule has 0 saturated carbocycles. The maximum absolute atomic E-state index is 11.9. The SMILES string of the molecule is CC(CNC(=O)c1ccc(Br)cc1S)N(C)C. The lowest BCUT2D eigenvalue weighted by Gasteiger charge is -2.20. The van der Waals surface area contributed by atoms with Crippen LogP contribution in [0.3, 0.4) is 0 Å². The van der Waals surface area contributed by atoms with Crippen LogP contribution < -0.4 is 5.32 Å². The number of likely N-dealkylation sites (N-methyl/N-ethyl adjacent to an activating group) is 1. The maximum Gasteiger partial charge on any atom is 0.252 e. The second kappa shape index (κ2) is 6.42. The second-order valence-electron chi connectivity index (χ2n) is 4.18. The van der Waals surface area contributed by atoms with Gasteiger partial charge in [-0.05, 0) is 39.2 Å². The number of halogens is 1. The third-order valence-electron chi connectivity index (χ3n) is 2.64. The molecule has 0 aliphatic carbocycles. The zero-order valence-corrected chi connectivity index (χ0v) is 12.7. The number of carbonyl (C=O) groups is 1. The monoisotopic (exact) mass is 316 g/mol. The van der Waals surface area contributed by atoms with Gasteiger partial charge >= 0.3 is 0 Å². The lowest BCUT2D eigenvalue weighted by molar-refractivity contribution is 0.0941. The van der Waals surface area contributed by atoms with Crippen LogP contribution in [-0.2, 0) is 0 Å². The van der Waals surface area contributed by atoms with Crippen LogP contribution in [0.25, 0.3) is 0 Å². The van der Waals surface area contributed by atoms with E-state index in [-0.39, 0.29) is 5.91 Å². The highest BCUT2D eigenvalue weighted by molar-refractivity contribution is 9.10. The van der Waals surface area contributed by atoms with Gasteiger partial charge < -0.3 is 10.2 Å². The molecule has 0 spiro atoms. The van der Waals surface area contributed by atoms with Crippen molar-refractivity contribution in [2.24, 2.45) is 0 Å². The van der Waals surface area contributed by atoms with Gasteiger partial charge in [0, 0.05) is 22.0 Å². The van der Waals surface area contributed by atoms with Gasteiger partial charge in [-0.15, -0.1) is 12.6 Å². The van der Waals surface area contributed by atoms with Crippen LogP contribution in [0.1, 0.15) is 17.3 Å². The second-order valence-corrected chi connectivity index (χ2v) is 5.58. The molecule has 94 valence electrons. The van der Waals surface area contributed by atoms with Crippen LogP contribution in [-0.4, -0.2) is 37.5 Å². The first-order valence-corrected chi connectivity index (χ1v) is 6.59. The van der Waals surface area contributed by atoms with Gasteiger partial charge in [0.2, 0.25) is 0 Å². The number of nitrogens with one attached hydrogen (secondary N) is 1. The standard InChI is InChI=1S/C12H17BrN2OS/c1-8(15(2)3)7-14-12(16)10-5-4-9(13)6-11(10)17/h4-6,8,17H,7H2,1-3H3,(H,14,16). The van der Waals surface area contributed by atoms with Gasteiger partial charge in [0.25, 0.3) is 5.91 Å². The summed E-state index contributed by atoms with van der Waals surface area (Å²) in [5.41, 5.74) is 0.600. The van der Waals surface area contributed by atoms with Crippen molar-refractivity contribution in [2.45, 2.75) is 17.9 Å². The van der Waals surface area contributed by atoms with Crippen molar-refractivity contribution in [3.05, 3.63) is 28.2 Å². The molecule has 1 amide bonds. The van der Waals surface area contributed by atoms with Crippen LogP contribution in [0, 0.1) is 0 Å². The van der Waals surface area contributed by atoms with Gasteiger partial charge in [0.15, 0.2) is 0 Å². The van der Waals surface area contributed by atoms with Crippen molar-refractivity contribution in [2.75, 3.05) is 20.6 Å². The minimum Gasteiger partial charge on any atom is -0.350 e. The molecule has 1 aromatic rings. The van der Waals surface area contributed by atoms with Gasteiger partial charge in [-0.1, -0.05) is 15.9 Å². The number of thiol groups is 1. The lowest BCUT2D eigenvalue weighted by Crippen LogP contribution is -2.38. The van der Waals surface area contributed by atoms with Crippen LogP contribution in [0.4, 0.5) is 0 Å². The van der Waals surface area contributed by atoms with E-state index >= 15 is 0 Å². The summed E-state index contributed by atoms with van der Waals surface area (Å²) in [7, 11) is 3.97. The number of amides is 1. The smallest absolute Gasteiger partial charge is 0.252 e. The van der Waals surface area contributed by atoms with E-state index in [4.69, 9.17) is 0 Å². The molecule has 0 aliphatic rings. The molecular weight excluding hydrogens is 300 g/mol. The van der Waals surface area contributed by atoms with E-state index in [1.54, 1.807) is 6.07 Å². The molecule has 0 heterocycles. The molecule has 3 nitrogen and oxygen atoms in total. The number of carbonyl (C=O) groups excluding carboxylic acids is 1. The van der Waals surface area contributed by atoms with Gasteiger partial charge in [-0.25, -0.2) is 0 Å². The van der Waals surface area contributed by atoms with Crippen molar-refractivity contribution in [1.29, 1.82) is 0 Å². The Balaban J connectivity index is 2.64. The minimum atomic E-state index is -0.0869. The molecule has 1 unspecified atom stereocenters. The highest BCUT2D eigenvalue weighted by Gasteiger charge is 2.11. The van der Waals surface area contributed by atoms with Crippen LogP contribution in [0.5, 0.6) is 0 Å². The summed E-state index contributed by atoms with van der Waals surface area (Å²) in [6.07, 6.45) is 0. The molecule has 5 heteroatoms. The fourth-order valence-electron chi connectivity index (χ4n) is 1.22. The van der Waals surface area contributed by atoms with E-state index in [1.165, 1.54) is 0 Å². The fraction of sp³-hybridized carbons (Fsp3) is 0.417. The molecule has 17 heavy (non-hydrogen) atoms. The van der Waals surface area contributed by atoms with Gasteiger partial charge in [0.1, 0.15) is 0 Å². The Morgan fingerprint density at radius 3 is 2.71 bits per heavy atom. The Bertz CT molecular complexity index is 409. The molecule has 1 atom stereocenters. The minimum absolute atomic E-state index is 0.0869. The number of benzene rings is 1.